The summed E-state index contributed by atoms with van der Waals surface area (Å²) in [7, 11) is 0. The molecule has 2 aromatic heterocycles. The minimum absolute atomic E-state index is 0.592. The van der Waals surface area contributed by atoms with Crippen LogP contribution in [0.15, 0.2) is 24.7 Å². The van der Waals surface area contributed by atoms with Gasteiger partial charge in [-0.05, 0) is 31.4 Å². The highest BCUT2D eigenvalue weighted by molar-refractivity contribution is 5.78. The molecule has 6 heteroatoms. The van der Waals surface area contributed by atoms with E-state index in [0.29, 0.717) is 11.5 Å². The minimum Gasteiger partial charge on any atom is -0.393 e. The maximum Gasteiger partial charge on any atom is 0.160 e. The molecule has 0 aliphatic carbocycles. The first-order chi connectivity index (χ1) is 10.8. The van der Waals surface area contributed by atoms with Gasteiger partial charge < -0.3 is 16.0 Å². The Morgan fingerprint density at radius 1 is 1.05 bits per heavy atom. The lowest BCUT2D eigenvalue weighted by Crippen LogP contribution is -2.26. The van der Waals surface area contributed by atoms with Crippen molar-refractivity contribution in [3.05, 3.63) is 30.2 Å². The second-order valence-electron chi connectivity index (χ2n) is 5.65. The first-order valence-electron chi connectivity index (χ1n) is 7.80. The number of nitrogen functional groups attached to an aromatic ring is 1. The molecule has 6 nitrogen and oxygen atoms in total. The molecule has 0 radical (unpaired) electrons. The van der Waals surface area contributed by atoms with E-state index in [1.807, 2.05) is 19.1 Å². The van der Waals surface area contributed by atoms with E-state index in [4.69, 9.17) is 5.73 Å². The van der Waals surface area contributed by atoms with E-state index < -0.39 is 0 Å². The maximum atomic E-state index is 6.31. The smallest absolute Gasteiger partial charge is 0.160 e. The van der Waals surface area contributed by atoms with Gasteiger partial charge in [0.05, 0.1) is 0 Å². The molecule has 0 unspecified atom stereocenters. The summed E-state index contributed by atoms with van der Waals surface area (Å²) < 4.78 is 0. The van der Waals surface area contributed by atoms with Crippen LogP contribution < -0.4 is 16.0 Å². The molecule has 3 heterocycles. The molecule has 0 amide bonds. The molecule has 116 valence electrons. The predicted octanol–water partition coefficient (Wildman–Crippen LogP) is 2.89. The second-order valence-corrected chi connectivity index (χ2v) is 5.65. The molecule has 0 atom stereocenters. The number of nitrogens with zero attached hydrogens (tertiary/aromatic N) is 4. The van der Waals surface area contributed by atoms with Crippen LogP contribution in [0.25, 0.3) is 0 Å². The molecule has 1 fully saturated rings. The Labute approximate surface area is 130 Å². The summed E-state index contributed by atoms with van der Waals surface area (Å²) in [6.07, 6.45) is 8.25. The van der Waals surface area contributed by atoms with Crippen LogP contribution in [0.3, 0.4) is 0 Å². The van der Waals surface area contributed by atoms with E-state index in [1.165, 1.54) is 25.7 Å². The van der Waals surface area contributed by atoms with Gasteiger partial charge >= 0.3 is 0 Å². The van der Waals surface area contributed by atoms with Crippen molar-refractivity contribution in [2.24, 2.45) is 0 Å². The van der Waals surface area contributed by atoms with Gasteiger partial charge in [-0.2, -0.15) is 0 Å². The molecule has 0 spiro atoms. The third kappa shape index (κ3) is 3.10. The van der Waals surface area contributed by atoms with Crippen molar-refractivity contribution in [3.8, 4) is 0 Å². The van der Waals surface area contributed by atoms with E-state index in [-0.39, 0.29) is 0 Å². The van der Waals surface area contributed by atoms with Crippen LogP contribution in [0.4, 0.5) is 23.1 Å². The van der Waals surface area contributed by atoms with E-state index in [0.717, 1.165) is 30.3 Å². The van der Waals surface area contributed by atoms with Gasteiger partial charge in [0, 0.05) is 19.3 Å². The summed E-state index contributed by atoms with van der Waals surface area (Å²) in [4.78, 5) is 15.3. The van der Waals surface area contributed by atoms with E-state index in [9.17, 15) is 0 Å². The fourth-order valence-electron chi connectivity index (χ4n) is 2.75. The quantitative estimate of drug-likeness (QED) is 0.907. The molecule has 1 aliphatic rings. The summed E-state index contributed by atoms with van der Waals surface area (Å²) in [5, 5.41) is 3.22. The Morgan fingerprint density at radius 3 is 2.55 bits per heavy atom. The van der Waals surface area contributed by atoms with E-state index in [1.54, 1.807) is 12.5 Å². The highest BCUT2D eigenvalue weighted by atomic mass is 15.2. The summed E-state index contributed by atoms with van der Waals surface area (Å²) in [6, 6.07) is 3.91. The number of nitrogens with two attached hydrogens (primary N) is 1. The molecule has 3 N–H and O–H groups in total. The van der Waals surface area contributed by atoms with Crippen LogP contribution in [-0.4, -0.2) is 28.0 Å². The topological polar surface area (TPSA) is 80.0 Å². The van der Waals surface area contributed by atoms with Crippen LogP contribution in [0.5, 0.6) is 0 Å². The molecule has 3 rings (SSSR count). The van der Waals surface area contributed by atoms with Gasteiger partial charge in [-0.1, -0.05) is 18.9 Å². The predicted molar refractivity (Wildman–Crippen MR) is 89.4 cm³/mol. The number of hydrogen-bond donors (Lipinski definition) is 2. The molecule has 1 aliphatic heterocycles. The minimum atomic E-state index is 0.592. The molecule has 0 bridgehead atoms. The van der Waals surface area contributed by atoms with Crippen molar-refractivity contribution in [2.45, 2.75) is 32.6 Å². The van der Waals surface area contributed by atoms with Gasteiger partial charge in [0.2, 0.25) is 0 Å². The molecule has 0 aromatic carbocycles. The summed E-state index contributed by atoms with van der Waals surface area (Å²) in [6.45, 7) is 4.01. The zero-order valence-electron chi connectivity index (χ0n) is 12.9. The Bertz CT molecular complexity index is 634. The van der Waals surface area contributed by atoms with Crippen molar-refractivity contribution in [2.75, 3.05) is 29.0 Å². The van der Waals surface area contributed by atoms with Gasteiger partial charge in [0.1, 0.15) is 17.8 Å². The van der Waals surface area contributed by atoms with Gasteiger partial charge in [-0.25, -0.2) is 15.0 Å². The monoisotopic (exact) mass is 298 g/mol. The normalized spacial score (nSPS) is 15.4. The average molecular weight is 298 g/mol. The number of aryl methyl sites for hydroxylation is 1. The standard InChI is InChI=1S/C16H22N6/c1-12-7-6-8-18-14(12)21-15-13(17)16(20-11-19-15)22-9-4-2-3-5-10-22/h6-8,11H,2-5,9-10,17H2,1H3,(H,18,19,20,21). The lowest BCUT2D eigenvalue weighted by molar-refractivity contribution is 0.726. The molecular formula is C16H22N6. The number of nitrogens with one attached hydrogen (secondary N) is 1. The lowest BCUT2D eigenvalue weighted by Gasteiger charge is -2.23. The van der Waals surface area contributed by atoms with E-state index >= 15 is 0 Å². The lowest BCUT2D eigenvalue weighted by atomic mass is 10.2. The molecule has 2 aromatic rings. The van der Waals surface area contributed by atoms with E-state index in [2.05, 4.69) is 25.2 Å². The zero-order chi connectivity index (χ0) is 15.4. The number of hydrogen-bond acceptors (Lipinski definition) is 6. The number of rotatable bonds is 3. The van der Waals surface area contributed by atoms with Crippen molar-refractivity contribution in [1.29, 1.82) is 0 Å². The summed E-state index contributed by atoms with van der Waals surface area (Å²) >= 11 is 0. The molecule has 1 saturated heterocycles. The van der Waals surface area contributed by atoms with Crippen molar-refractivity contribution in [3.63, 3.8) is 0 Å². The van der Waals surface area contributed by atoms with Crippen LogP contribution in [-0.2, 0) is 0 Å². The fourth-order valence-corrected chi connectivity index (χ4v) is 2.75. The molecule has 22 heavy (non-hydrogen) atoms. The third-order valence-electron chi connectivity index (χ3n) is 4.01. The van der Waals surface area contributed by atoms with Crippen molar-refractivity contribution in [1.82, 2.24) is 15.0 Å². The largest absolute Gasteiger partial charge is 0.393 e. The van der Waals surface area contributed by atoms with Gasteiger partial charge in [0.15, 0.2) is 11.6 Å². The first-order valence-corrected chi connectivity index (χ1v) is 7.80. The third-order valence-corrected chi connectivity index (χ3v) is 4.01. The van der Waals surface area contributed by atoms with Crippen molar-refractivity contribution < 1.29 is 0 Å². The van der Waals surface area contributed by atoms with Crippen LogP contribution >= 0.6 is 0 Å². The van der Waals surface area contributed by atoms with Gasteiger partial charge in [-0.15, -0.1) is 0 Å². The average Bonchev–Trinajstić information content (AvgIpc) is 2.80. The number of anilines is 4. The van der Waals surface area contributed by atoms with Gasteiger partial charge in [0.25, 0.3) is 0 Å². The van der Waals surface area contributed by atoms with Crippen LogP contribution in [0.1, 0.15) is 31.2 Å². The zero-order valence-corrected chi connectivity index (χ0v) is 12.9. The Morgan fingerprint density at radius 2 is 1.82 bits per heavy atom. The fraction of sp³-hybridized carbons (Fsp3) is 0.438. The summed E-state index contributed by atoms with van der Waals surface area (Å²) in [5.41, 5.74) is 7.95. The Hall–Kier alpha value is -2.37. The van der Waals surface area contributed by atoms with Crippen molar-refractivity contribution >= 4 is 23.1 Å². The first kappa shape index (κ1) is 14.6. The maximum absolute atomic E-state index is 6.31. The molecular weight excluding hydrogens is 276 g/mol. The molecule has 0 saturated carbocycles. The summed E-state index contributed by atoms with van der Waals surface area (Å²) in [5.74, 6) is 2.22. The van der Waals surface area contributed by atoms with Crippen LogP contribution in [0, 0.1) is 6.92 Å². The Balaban J connectivity index is 1.87. The van der Waals surface area contributed by atoms with Gasteiger partial charge in [-0.3, -0.25) is 0 Å². The Kier molecular flexibility index (Phi) is 4.37. The number of aromatic nitrogens is 3. The highest BCUT2D eigenvalue weighted by Crippen LogP contribution is 2.30. The van der Waals surface area contributed by atoms with Crippen LogP contribution in [0.2, 0.25) is 0 Å². The SMILES string of the molecule is Cc1cccnc1Nc1ncnc(N2CCCCCC2)c1N. The highest BCUT2D eigenvalue weighted by Gasteiger charge is 2.17. The number of pyridine rings is 1. The second kappa shape index (κ2) is 6.60.